The maximum Gasteiger partial charge on any atom is 0.305 e. The number of carbonyl (C=O) groups is 2. The van der Waals surface area contributed by atoms with Crippen molar-refractivity contribution in [3.05, 3.63) is 53.9 Å². The number of esters is 1. The van der Waals surface area contributed by atoms with Crippen molar-refractivity contribution in [1.82, 2.24) is 14.7 Å². The highest BCUT2D eigenvalue weighted by atomic mass is 16.5. The van der Waals surface area contributed by atoms with E-state index in [0.29, 0.717) is 31.5 Å². The molecule has 1 amide bonds. The minimum atomic E-state index is -0.256. The Morgan fingerprint density at radius 2 is 2.00 bits per heavy atom. The van der Waals surface area contributed by atoms with E-state index >= 15 is 0 Å². The van der Waals surface area contributed by atoms with Crippen LogP contribution in [-0.2, 0) is 16.1 Å². The van der Waals surface area contributed by atoms with Crippen molar-refractivity contribution < 1.29 is 14.3 Å². The van der Waals surface area contributed by atoms with Crippen LogP contribution < -0.4 is 0 Å². The minimum absolute atomic E-state index is 0.0551. The van der Waals surface area contributed by atoms with Gasteiger partial charge in [-0.1, -0.05) is 12.1 Å². The van der Waals surface area contributed by atoms with Crippen LogP contribution >= 0.6 is 0 Å². The van der Waals surface area contributed by atoms with Gasteiger partial charge in [0, 0.05) is 38.0 Å². The van der Waals surface area contributed by atoms with Gasteiger partial charge in [0.25, 0.3) is 5.91 Å². The molecule has 0 aliphatic rings. The van der Waals surface area contributed by atoms with Gasteiger partial charge in [-0.25, -0.2) is 0 Å². The number of amides is 1. The molecule has 2 rings (SSSR count). The summed E-state index contributed by atoms with van der Waals surface area (Å²) in [6.45, 7) is 1.19. The molecule has 0 unspecified atom stereocenters. The van der Waals surface area contributed by atoms with Crippen LogP contribution in [0.4, 0.5) is 0 Å². The van der Waals surface area contributed by atoms with Crippen LogP contribution in [0.1, 0.15) is 28.8 Å². The van der Waals surface area contributed by atoms with Gasteiger partial charge in [0.2, 0.25) is 0 Å². The van der Waals surface area contributed by atoms with E-state index in [1.165, 1.54) is 7.11 Å². The SMILES string of the molecule is COC(=O)CCCN(C)C(=O)c1ccc(Cn2cccn2)cc1. The van der Waals surface area contributed by atoms with E-state index in [4.69, 9.17) is 0 Å². The molecule has 1 aromatic carbocycles. The molecule has 2 aromatic rings. The lowest BCUT2D eigenvalue weighted by atomic mass is 10.1. The summed E-state index contributed by atoms with van der Waals surface area (Å²) in [7, 11) is 3.10. The number of methoxy groups -OCH3 is 1. The van der Waals surface area contributed by atoms with Crippen molar-refractivity contribution in [3.63, 3.8) is 0 Å². The van der Waals surface area contributed by atoms with E-state index in [9.17, 15) is 9.59 Å². The van der Waals surface area contributed by atoms with Gasteiger partial charge in [-0.2, -0.15) is 5.10 Å². The average Bonchev–Trinajstić information content (AvgIpc) is 3.07. The number of carbonyl (C=O) groups excluding carboxylic acids is 2. The fourth-order valence-electron chi connectivity index (χ4n) is 2.22. The molecule has 0 N–H and O–H groups in total. The second kappa shape index (κ2) is 8.12. The zero-order valence-corrected chi connectivity index (χ0v) is 13.4. The summed E-state index contributed by atoms with van der Waals surface area (Å²) in [5.41, 5.74) is 1.72. The normalized spacial score (nSPS) is 10.3. The first-order valence-corrected chi connectivity index (χ1v) is 7.49. The van der Waals surface area contributed by atoms with E-state index in [0.717, 1.165) is 5.56 Å². The smallest absolute Gasteiger partial charge is 0.305 e. The lowest BCUT2D eigenvalue weighted by Gasteiger charge is -2.17. The standard InChI is InChI=1S/C17H21N3O3/c1-19(11-3-5-16(21)23-2)17(22)15-8-6-14(7-9-15)13-20-12-4-10-18-20/h4,6-10,12H,3,5,11,13H2,1-2H3. The Morgan fingerprint density at radius 3 is 2.61 bits per heavy atom. The predicted octanol–water partition coefficient (Wildman–Crippen LogP) is 1.96. The molecule has 23 heavy (non-hydrogen) atoms. The molecule has 1 aromatic heterocycles. The Balaban J connectivity index is 1.87. The average molecular weight is 315 g/mol. The molecular weight excluding hydrogens is 294 g/mol. The first-order chi connectivity index (χ1) is 11.1. The molecule has 0 aliphatic heterocycles. The Labute approximate surface area is 135 Å². The lowest BCUT2D eigenvalue weighted by molar-refractivity contribution is -0.140. The number of rotatable bonds is 7. The monoisotopic (exact) mass is 315 g/mol. The quantitative estimate of drug-likeness (QED) is 0.733. The van der Waals surface area contributed by atoms with Crippen LogP contribution in [0.3, 0.4) is 0 Å². The predicted molar refractivity (Wildman–Crippen MR) is 86.0 cm³/mol. The fraction of sp³-hybridized carbons (Fsp3) is 0.353. The fourth-order valence-corrected chi connectivity index (χ4v) is 2.22. The Kier molecular flexibility index (Phi) is 5.91. The minimum Gasteiger partial charge on any atom is -0.469 e. The highest BCUT2D eigenvalue weighted by molar-refractivity contribution is 5.94. The molecular formula is C17H21N3O3. The van der Waals surface area contributed by atoms with Crippen LogP contribution in [0.25, 0.3) is 0 Å². The largest absolute Gasteiger partial charge is 0.469 e. The molecule has 0 fully saturated rings. The third-order valence-electron chi connectivity index (χ3n) is 3.55. The van der Waals surface area contributed by atoms with Crippen molar-refractivity contribution in [1.29, 1.82) is 0 Å². The third kappa shape index (κ3) is 4.95. The van der Waals surface area contributed by atoms with Crippen molar-refractivity contribution in [2.75, 3.05) is 20.7 Å². The summed E-state index contributed by atoms with van der Waals surface area (Å²) in [6, 6.07) is 9.37. The Bertz CT molecular complexity index is 636. The van der Waals surface area contributed by atoms with Gasteiger partial charge in [0.1, 0.15) is 0 Å². The maximum atomic E-state index is 12.3. The number of hydrogen-bond acceptors (Lipinski definition) is 4. The molecule has 1 heterocycles. The second-order valence-corrected chi connectivity index (χ2v) is 5.31. The van der Waals surface area contributed by atoms with E-state index < -0.39 is 0 Å². The van der Waals surface area contributed by atoms with Gasteiger partial charge in [0.15, 0.2) is 0 Å². The molecule has 0 spiro atoms. The first-order valence-electron chi connectivity index (χ1n) is 7.49. The lowest BCUT2D eigenvalue weighted by Crippen LogP contribution is -2.28. The summed E-state index contributed by atoms with van der Waals surface area (Å²) in [6.07, 6.45) is 4.54. The molecule has 0 bridgehead atoms. The number of nitrogens with zero attached hydrogens (tertiary/aromatic N) is 3. The Morgan fingerprint density at radius 1 is 1.26 bits per heavy atom. The summed E-state index contributed by atoms with van der Waals surface area (Å²) >= 11 is 0. The van der Waals surface area contributed by atoms with Crippen molar-refractivity contribution >= 4 is 11.9 Å². The third-order valence-corrected chi connectivity index (χ3v) is 3.55. The van der Waals surface area contributed by atoms with Crippen molar-refractivity contribution in [2.24, 2.45) is 0 Å². The van der Waals surface area contributed by atoms with Crippen LogP contribution in [0.15, 0.2) is 42.7 Å². The second-order valence-electron chi connectivity index (χ2n) is 5.31. The summed E-state index contributed by atoms with van der Waals surface area (Å²) in [4.78, 5) is 25.0. The highest BCUT2D eigenvalue weighted by Crippen LogP contribution is 2.09. The molecule has 0 atom stereocenters. The summed E-state index contributed by atoms with van der Waals surface area (Å²) in [5.74, 6) is -0.311. The molecule has 122 valence electrons. The van der Waals surface area contributed by atoms with Gasteiger partial charge < -0.3 is 9.64 Å². The van der Waals surface area contributed by atoms with Crippen molar-refractivity contribution in [2.45, 2.75) is 19.4 Å². The highest BCUT2D eigenvalue weighted by Gasteiger charge is 2.12. The number of benzene rings is 1. The zero-order chi connectivity index (χ0) is 16.7. The van der Waals surface area contributed by atoms with Crippen LogP contribution in [0.5, 0.6) is 0 Å². The topological polar surface area (TPSA) is 64.4 Å². The molecule has 0 aliphatic carbocycles. The van der Waals surface area contributed by atoms with E-state index in [1.54, 1.807) is 18.1 Å². The first kappa shape index (κ1) is 16.7. The number of hydrogen-bond donors (Lipinski definition) is 0. The molecule has 6 nitrogen and oxygen atoms in total. The number of aromatic nitrogens is 2. The summed E-state index contributed by atoms with van der Waals surface area (Å²) in [5, 5.41) is 4.16. The van der Waals surface area contributed by atoms with Gasteiger partial charge in [0.05, 0.1) is 13.7 Å². The van der Waals surface area contributed by atoms with E-state index in [1.807, 2.05) is 41.2 Å². The molecule has 0 saturated carbocycles. The van der Waals surface area contributed by atoms with Crippen molar-refractivity contribution in [3.8, 4) is 0 Å². The van der Waals surface area contributed by atoms with Gasteiger partial charge in [-0.05, 0) is 30.2 Å². The number of ether oxygens (including phenoxy) is 1. The van der Waals surface area contributed by atoms with Gasteiger partial charge in [-0.3, -0.25) is 14.3 Å². The van der Waals surface area contributed by atoms with Crippen LogP contribution in [0.2, 0.25) is 0 Å². The maximum absolute atomic E-state index is 12.3. The summed E-state index contributed by atoms with van der Waals surface area (Å²) < 4.78 is 6.41. The zero-order valence-electron chi connectivity index (χ0n) is 13.4. The van der Waals surface area contributed by atoms with Gasteiger partial charge in [-0.15, -0.1) is 0 Å². The Hall–Kier alpha value is -2.63. The van der Waals surface area contributed by atoms with Crippen LogP contribution in [0, 0.1) is 0 Å². The van der Waals surface area contributed by atoms with E-state index in [-0.39, 0.29) is 11.9 Å². The van der Waals surface area contributed by atoms with E-state index in [2.05, 4.69) is 9.84 Å². The molecule has 0 saturated heterocycles. The molecule has 0 radical (unpaired) electrons. The van der Waals surface area contributed by atoms with Crippen LogP contribution in [-0.4, -0.2) is 47.3 Å². The molecule has 6 heteroatoms. The van der Waals surface area contributed by atoms with Gasteiger partial charge >= 0.3 is 5.97 Å².